The minimum Gasteiger partial charge on any atom is -0.334 e. The van der Waals surface area contributed by atoms with Gasteiger partial charge >= 0.3 is 0 Å². The van der Waals surface area contributed by atoms with Gasteiger partial charge in [-0.3, -0.25) is 9.63 Å². The van der Waals surface area contributed by atoms with Crippen molar-refractivity contribution in [3.63, 3.8) is 0 Å². The summed E-state index contributed by atoms with van der Waals surface area (Å²) in [4.78, 5) is 21.1. The van der Waals surface area contributed by atoms with Crippen LogP contribution in [0.1, 0.15) is 53.0 Å². The van der Waals surface area contributed by atoms with Gasteiger partial charge in [-0.05, 0) is 27.2 Å². The lowest BCUT2D eigenvalue weighted by Crippen LogP contribution is -2.34. The van der Waals surface area contributed by atoms with Crippen LogP contribution in [-0.2, 0) is 9.63 Å². The molecule has 1 amide bonds. The van der Waals surface area contributed by atoms with E-state index in [1.807, 2.05) is 31.5 Å². The second kappa shape index (κ2) is 6.54. The number of rotatable bonds is 6. The maximum atomic E-state index is 11.8. The van der Waals surface area contributed by atoms with Crippen LogP contribution in [0.4, 0.5) is 0 Å². The predicted octanol–water partition coefficient (Wildman–Crippen LogP) is 2.46. The van der Waals surface area contributed by atoms with Crippen molar-refractivity contribution in [2.45, 2.75) is 58.6 Å². The molecule has 1 N–H and O–H groups in total. The molecule has 1 rings (SSSR count). The van der Waals surface area contributed by atoms with Gasteiger partial charge in [0.2, 0.25) is 5.91 Å². The summed E-state index contributed by atoms with van der Waals surface area (Å²) in [6.45, 7) is 7.79. The standard InChI is InChI=1S/C13H23N3O2/c1-5-6-11(16-8-7-14-10-16)9-12(17)15-18-13(2,3)4/h7-8,10-11H,5-6,9H2,1-4H3,(H,15,17). The molecule has 0 aliphatic carbocycles. The van der Waals surface area contributed by atoms with Crippen LogP contribution < -0.4 is 5.48 Å². The van der Waals surface area contributed by atoms with Crippen molar-refractivity contribution in [2.75, 3.05) is 0 Å². The van der Waals surface area contributed by atoms with Crippen LogP contribution in [-0.4, -0.2) is 21.1 Å². The van der Waals surface area contributed by atoms with Gasteiger partial charge < -0.3 is 4.57 Å². The molecular formula is C13H23N3O2. The molecule has 0 radical (unpaired) electrons. The number of hydroxylamine groups is 1. The fourth-order valence-corrected chi connectivity index (χ4v) is 1.64. The summed E-state index contributed by atoms with van der Waals surface area (Å²) in [6.07, 6.45) is 7.73. The summed E-state index contributed by atoms with van der Waals surface area (Å²) in [5, 5.41) is 0. The molecule has 1 heterocycles. The van der Waals surface area contributed by atoms with E-state index in [0.717, 1.165) is 12.8 Å². The van der Waals surface area contributed by atoms with E-state index in [1.54, 1.807) is 12.5 Å². The van der Waals surface area contributed by atoms with Gasteiger partial charge in [0.1, 0.15) is 0 Å². The second-order valence-corrected chi connectivity index (χ2v) is 5.40. The molecule has 5 heteroatoms. The van der Waals surface area contributed by atoms with Crippen molar-refractivity contribution in [3.05, 3.63) is 18.7 Å². The third kappa shape index (κ3) is 5.31. The monoisotopic (exact) mass is 253 g/mol. The van der Waals surface area contributed by atoms with Crippen molar-refractivity contribution in [1.82, 2.24) is 15.0 Å². The van der Waals surface area contributed by atoms with Crippen molar-refractivity contribution < 1.29 is 9.63 Å². The molecule has 0 saturated carbocycles. The van der Waals surface area contributed by atoms with Gasteiger partial charge in [-0.1, -0.05) is 13.3 Å². The molecule has 1 atom stereocenters. The minimum atomic E-state index is -0.370. The Morgan fingerprint density at radius 1 is 1.50 bits per heavy atom. The van der Waals surface area contributed by atoms with Crippen molar-refractivity contribution >= 4 is 5.91 Å². The Hall–Kier alpha value is -1.36. The zero-order valence-electron chi connectivity index (χ0n) is 11.6. The average molecular weight is 253 g/mol. The molecule has 18 heavy (non-hydrogen) atoms. The van der Waals surface area contributed by atoms with Crippen LogP contribution in [0.3, 0.4) is 0 Å². The van der Waals surface area contributed by atoms with Crippen molar-refractivity contribution in [2.24, 2.45) is 0 Å². The zero-order valence-corrected chi connectivity index (χ0v) is 11.6. The van der Waals surface area contributed by atoms with Gasteiger partial charge in [0.05, 0.1) is 11.9 Å². The van der Waals surface area contributed by atoms with Crippen LogP contribution in [0.2, 0.25) is 0 Å². The Labute approximate surface area is 108 Å². The lowest BCUT2D eigenvalue weighted by Gasteiger charge is -2.21. The molecule has 0 spiro atoms. The number of hydrogen-bond acceptors (Lipinski definition) is 3. The Kier molecular flexibility index (Phi) is 5.34. The highest BCUT2D eigenvalue weighted by atomic mass is 16.7. The molecule has 0 aliphatic heterocycles. The number of aromatic nitrogens is 2. The van der Waals surface area contributed by atoms with Crippen LogP contribution in [0.25, 0.3) is 0 Å². The molecule has 0 aromatic carbocycles. The average Bonchev–Trinajstić information content (AvgIpc) is 2.78. The Morgan fingerprint density at radius 2 is 2.22 bits per heavy atom. The van der Waals surface area contributed by atoms with E-state index >= 15 is 0 Å². The largest absolute Gasteiger partial charge is 0.334 e. The highest BCUT2D eigenvalue weighted by Gasteiger charge is 2.17. The number of carbonyl (C=O) groups is 1. The summed E-state index contributed by atoms with van der Waals surface area (Å²) in [6, 6.07) is 0.140. The first-order chi connectivity index (χ1) is 8.42. The fourth-order valence-electron chi connectivity index (χ4n) is 1.64. The number of nitrogens with zero attached hydrogens (tertiary/aromatic N) is 2. The second-order valence-electron chi connectivity index (χ2n) is 5.40. The maximum absolute atomic E-state index is 11.8. The van der Waals surface area contributed by atoms with Gasteiger partial charge in [-0.2, -0.15) is 0 Å². The summed E-state index contributed by atoms with van der Waals surface area (Å²) in [5.41, 5.74) is 2.13. The zero-order chi connectivity index (χ0) is 13.6. The summed E-state index contributed by atoms with van der Waals surface area (Å²) in [5.74, 6) is -0.0999. The van der Waals surface area contributed by atoms with Gasteiger partial charge in [-0.25, -0.2) is 10.5 Å². The SMILES string of the molecule is CCCC(CC(=O)NOC(C)(C)C)n1ccnc1. The molecule has 0 saturated heterocycles. The molecule has 1 aromatic rings. The predicted molar refractivity (Wildman–Crippen MR) is 69.8 cm³/mol. The van der Waals surface area contributed by atoms with Gasteiger partial charge in [-0.15, -0.1) is 0 Å². The first kappa shape index (κ1) is 14.7. The number of imidazole rings is 1. The molecular weight excluding hydrogens is 230 g/mol. The summed E-state index contributed by atoms with van der Waals surface area (Å²) < 4.78 is 1.97. The maximum Gasteiger partial charge on any atom is 0.245 e. The van der Waals surface area contributed by atoms with Crippen LogP contribution >= 0.6 is 0 Å². The lowest BCUT2D eigenvalue weighted by atomic mass is 10.1. The smallest absolute Gasteiger partial charge is 0.245 e. The molecule has 102 valence electrons. The highest BCUT2D eigenvalue weighted by Crippen LogP contribution is 2.17. The minimum absolute atomic E-state index is 0.0999. The molecule has 5 nitrogen and oxygen atoms in total. The van der Waals surface area contributed by atoms with Gasteiger partial charge in [0, 0.05) is 24.9 Å². The van der Waals surface area contributed by atoms with E-state index in [-0.39, 0.29) is 17.6 Å². The van der Waals surface area contributed by atoms with E-state index in [0.29, 0.717) is 6.42 Å². The number of amides is 1. The topological polar surface area (TPSA) is 56.1 Å². The quantitative estimate of drug-likeness (QED) is 0.792. The normalized spacial score (nSPS) is 13.3. The number of carbonyl (C=O) groups excluding carboxylic acids is 1. The van der Waals surface area contributed by atoms with Crippen molar-refractivity contribution in [3.8, 4) is 0 Å². The Bertz CT molecular complexity index is 355. The van der Waals surface area contributed by atoms with Gasteiger partial charge in [0.15, 0.2) is 0 Å². The van der Waals surface area contributed by atoms with E-state index in [2.05, 4.69) is 17.4 Å². The summed E-state index contributed by atoms with van der Waals surface area (Å²) in [7, 11) is 0. The van der Waals surface area contributed by atoms with E-state index in [4.69, 9.17) is 4.84 Å². The number of hydrogen-bond donors (Lipinski definition) is 1. The third-order valence-corrected chi connectivity index (χ3v) is 2.46. The fraction of sp³-hybridized carbons (Fsp3) is 0.692. The molecule has 1 aromatic heterocycles. The van der Waals surface area contributed by atoms with E-state index in [1.165, 1.54) is 0 Å². The number of nitrogens with one attached hydrogen (secondary N) is 1. The lowest BCUT2D eigenvalue weighted by molar-refractivity contribution is -0.146. The first-order valence-electron chi connectivity index (χ1n) is 6.36. The highest BCUT2D eigenvalue weighted by molar-refractivity contribution is 5.75. The van der Waals surface area contributed by atoms with E-state index < -0.39 is 0 Å². The van der Waals surface area contributed by atoms with Gasteiger partial charge in [0.25, 0.3) is 0 Å². The summed E-state index contributed by atoms with van der Waals surface area (Å²) >= 11 is 0. The Balaban J connectivity index is 2.49. The molecule has 1 unspecified atom stereocenters. The molecule has 0 fully saturated rings. The van der Waals surface area contributed by atoms with Crippen molar-refractivity contribution in [1.29, 1.82) is 0 Å². The third-order valence-electron chi connectivity index (χ3n) is 2.46. The van der Waals surface area contributed by atoms with Crippen LogP contribution in [0.5, 0.6) is 0 Å². The first-order valence-corrected chi connectivity index (χ1v) is 6.36. The van der Waals surface area contributed by atoms with E-state index in [9.17, 15) is 4.79 Å². The van der Waals surface area contributed by atoms with Crippen LogP contribution in [0.15, 0.2) is 18.7 Å². The Morgan fingerprint density at radius 3 is 2.72 bits per heavy atom. The molecule has 0 aliphatic rings. The van der Waals surface area contributed by atoms with Crippen LogP contribution in [0, 0.1) is 0 Å². The molecule has 0 bridgehead atoms.